The molecular weight excluding hydrogens is 364 g/mol. The Morgan fingerprint density at radius 3 is 2.66 bits per heavy atom. The molecule has 2 atom stereocenters. The third kappa shape index (κ3) is 3.75. The van der Waals surface area contributed by atoms with Crippen LogP contribution in [0.3, 0.4) is 0 Å². The van der Waals surface area contributed by atoms with Crippen LogP contribution in [0.4, 0.5) is 5.69 Å². The monoisotopic (exact) mass is 388 g/mol. The van der Waals surface area contributed by atoms with E-state index in [1.807, 2.05) is 25.1 Å². The maximum absolute atomic E-state index is 13.3. The molecule has 6 nitrogen and oxygen atoms in total. The first kappa shape index (κ1) is 19.2. The molecule has 0 radical (unpaired) electrons. The minimum atomic E-state index is -0.603. The predicted octanol–water partition coefficient (Wildman–Crippen LogP) is 3.93. The van der Waals surface area contributed by atoms with E-state index >= 15 is 0 Å². The van der Waals surface area contributed by atoms with Gasteiger partial charge in [0.05, 0.1) is 17.8 Å². The molecule has 0 fully saturated rings. The first-order valence-electron chi connectivity index (χ1n) is 9.79. The van der Waals surface area contributed by atoms with Gasteiger partial charge in [-0.2, -0.15) is 0 Å². The highest BCUT2D eigenvalue weighted by Gasteiger charge is 2.45. The van der Waals surface area contributed by atoms with Crippen molar-refractivity contribution in [1.82, 2.24) is 9.97 Å². The van der Waals surface area contributed by atoms with E-state index in [1.54, 1.807) is 30.7 Å². The molecule has 6 heteroatoms. The van der Waals surface area contributed by atoms with E-state index in [4.69, 9.17) is 4.99 Å². The summed E-state index contributed by atoms with van der Waals surface area (Å²) in [6.07, 6.45) is 6.11. The second-order valence-electron chi connectivity index (χ2n) is 8.50. The van der Waals surface area contributed by atoms with Gasteiger partial charge in [-0.3, -0.25) is 24.5 Å². The standard InChI is InChI=1S/C23H24N4O2/c1-14-19(22(29)27-15-7-6-9-24-13-15)21(16-8-4-5-10-25-16)20-17(26-14)11-23(2,3)12-18(20)28/h4-10,13,19,21H,11-12H2,1-3H3,(H,27,29)/t19?,21-/m1/s1. The molecule has 1 unspecified atom stereocenters. The molecule has 2 aliphatic rings. The van der Waals surface area contributed by atoms with Crippen molar-refractivity contribution in [2.45, 2.75) is 39.5 Å². The van der Waals surface area contributed by atoms with Gasteiger partial charge in [-0.15, -0.1) is 0 Å². The molecule has 2 aromatic rings. The molecule has 1 aliphatic carbocycles. The van der Waals surface area contributed by atoms with E-state index in [0.717, 1.165) is 5.70 Å². The number of carbonyl (C=O) groups is 2. The summed E-state index contributed by atoms with van der Waals surface area (Å²) in [5, 5.41) is 2.92. The Morgan fingerprint density at radius 1 is 1.14 bits per heavy atom. The molecule has 0 saturated heterocycles. The topological polar surface area (TPSA) is 84.3 Å². The SMILES string of the molecule is CC1=NC2=C(C(=O)CC(C)(C)C2)[C@H](c2ccccn2)C1C(=O)Nc1cccnc1. The van der Waals surface area contributed by atoms with Crippen LogP contribution in [0.5, 0.6) is 0 Å². The summed E-state index contributed by atoms with van der Waals surface area (Å²) in [6, 6.07) is 9.15. The van der Waals surface area contributed by atoms with Gasteiger partial charge in [0.1, 0.15) is 0 Å². The molecule has 3 heterocycles. The molecule has 0 aromatic carbocycles. The van der Waals surface area contributed by atoms with Gasteiger partial charge in [-0.05, 0) is 43.0 Å². The molecule has 148 valence electrons. The fourth-order valence-corrected chi connectivity index (χ4v) is 4.32. The molecule has 2 aromatic heterocycles. The lowest BCUT2D eigenvalue weighted by atomic mass is 9.67. The summed E-state index contributed by atoms with van der Waals surface area (Å²) in [6.45, 7) is 6.02. The van der Waals surface area contributed by atoms with Crippen molar-refractivity contribution in [3.63, 3.8) is 0 Å². The third-order valence-electron chi connectivity index (χ3n) is 5.52. The fourth-order valence-electron chi connectivity index (χ4n) is 4.32. The van der Waals surface area contributed by atoms with Crippen LogP contribution in [0.2, 0.25) is 0 Å². The highest BCUT2D eigenvalue weighted by Crippen LogP contribution is 2.47. The van der Waals surface area contributed by atoms with E-state index in [2.05, 4.69) is 29.1 Å². The number of allylic oxidation sites excluding steroid dienone is 2. The molecular formula is C23H24N4O2. The zero-order valence-corrected chi connectivity index (χ0v) is 16.8. The second kappa shape index (κ2) is 7.35. The first-order valence-corrected chi connectivity index (χ1v) is 9.79. The number of carbonyl (C=O) groups excluding carboxylic acids is 2. The average Bonchev–Trinajstić information content (AvgIpc) is 2.67. The molecule has 29 heavy (non-hydrogen) atoms. The van der Waals surface area contributed by atoms with Crippen LogP contribution in [-0.2, 0) is 9.59 Å². The van der Waals surface area contributed by atoms with Gasteiger partial charge in [0.15, 0.2) is 5.78 Å². The van der Waals surface area contributed by atoms with Crippen molar-refractivity contribution in [3.8, 4) is 0 Å². The van der Waals surface area contributed by atoms with E-state index in [1.165, 1.54) is 0 Å². The first-order chi connectivity index (χ1) is 13.9. The van der Waals surface area contributed by atoms with Crippen LogP contribution in [0.25, 0.3) is 0 Å². The highest BCUT2D eigenvalue weighted by molar-refractivity contribution is 6.13. The molecule has 0 saturated carbocycles. The number of nitrogens with zero attached hydrogens (tertiary/aromatic N) is 3. The van der Waals surface area contributed by atoms with E-state index in [-0.39, 0.29) is 17.1 Å². The zero-order chi connectivity index (χ0) is 20.6. The fraction of sp³-hybridized carbons (Fsp3) is 0.348. The van der Waals surface area contributed by atoms with E-state index in [9.17, 15) is 9.59 Å². The smallest absolute Gasteiger partial charge is 0.234 e. The van der Waals surface area contributed by atoms with E-state index < -0.39 is 11.8 Å². The Balaban J connectivity index is 1.79. The number of hydrogen-bond donors (Lipinski definition) is 1. The van der Waals surface area contributed by atoms with E-state index in [0.29, 0.717) is 35.5 Å². The minimum Gasteiger partial charge on any atom is -0.324 e. The summed E-state index contributed by atoms with van der Waals surface area (Å²) >= 11 is 0. The van der Waals surface area contributed by atoms with Crippen molar-refractivity contribution in [2.24, 2.45) is 16.3 Å². The summed E-state index contributed by atoms with van der Waals surface area (Å²) in [5.41, 5.74) is 3.32. The Hall–Kier alpha value is -3.15. The average molecular weight is 388 g/mol. The lowest BCUT2D eigenvalue weighted by molar-refractivity contribution is -0.119. The molecule has 0 spiro atoms. The van der Waals surface area contributed by atoms with Crippen LogP contribution < -0.4 is 5.32 Å². The molecule has 1 amide bonds. The summed E-state index contributed by atoms with van der Waals surface area (Å²) in [7, 11) is 0. The number of aliphatic imine (C=N–C) groups is 1. The van der Waals surface area contributed by atoms with Crippen LogP contribution in [0, 0.1) is 11.3 Å². The Bertz CT molecular complexity index is 1010. The normalized spacial score (nSPS) is 23.3. The Labute approximate surface area is 170 Å². The number of rotatable bonds is 3. The largest absolute Gasteiger partial charge is 0.324 e. The number of hydrogen-bond acceptors (Lipinski definition) is 5. The molecule has 0 bridgehead atoms. The highest BCUT2D eigenvalue weighted by atomic mass is 16.2. The molecule has 1 N–H and O–H groups in total. The van der Waals surface area contributed by atoms with Crippen molar-refractivity contribution in [1.29, 1.82) is 0 Å². The van der Waals surface area contributed by atoms with Crippen LogP contribution in [0.15, 0.2) is 65.2 Å². The summed E-state index contributed by atoms with van der Waals surface area (Å²) in [5.74, 6) is -1.19. The Morgan fingerprint density at radius 2 is 1.97 bits per heavy atom. The lowest BCUT2D eigenvalue weighted by Crippen LogP contribution is -2.41. The van der Waals surface area contributed by atoms with Gasteiger partial charge in [-0.25, -0.2) is 0 Å². The van der Waals surface area contributed by atoms with Crippen molar-refractivity contribution in [2.75, 3.05) is 5.32 Å². The Kier molecular flexibility index (Phi) is 4.86. The van der Waals surface area contributed by atoms with Crippen molar-refractivity contribution in [3.05, 3.63) is 65.9 Å². The second-order valence-corrected chi connectivity index (χ2v) is 8.50. The number of nitrogens with one attached hydrogen (secondary N) is 1. The number of ketones is 1. The number of amides is 1. The van der Waals surface area contributed by atoms with Gasteiger partial charge in [0.2, 0.25) is 5.91 Å². The van der Waals surface area contributed by atoms with Crippen LogP contribution in [-0.4, -0.2) is 27.4 Å². The number of aromatic nitrogens is 2. The van der Waals surface area contributed by atoms with Crippen molar-refractivity contribution < 1.29 is 9.59 Å². The molecule has 1 aliphatic heterocycles. The predicted molar refractivity (Wildman–Crippen MR) is 111 cm³/mol. The van der Waals surface area contributed by atoms with Gasteiger partial charge in [-0.1, -0.05) is 19.9 Å². The van der Waals surface area contributed by atoms with Gasteiger partial charge in [0.25, 0.3) is 0 Å². The quantitative estimate of drug-likeness (QED) is 0.863. The summed E-state index contributed by atoms with van der Waals surface area (Å²) < 4.78 is 0. The maximum atomic E-state index is 13.3. The van der Waals surface area contributed by atoms with Crippen LogP contribution >= 0.6 is 0 Å². The molecule has 4 rings (SSSR count). The van der Waals surface area contributed by atoms with Crippen molar-refractivity contribution >= 4 is 23.1 Å². The lowest BCUT2D eigenvalue weighted by Gasteiger charge is -2.38. The van der Waals surface area contributed by atoms with Gasteiger partial charge < -0.3 is 5.32 Å². The number of pyridine rings is 2. The van der Waals surface area contributed by atoms with Gasteiger partial charge >= 0.3 is 0 Å². The minimum absolute atomic E-state index is 0.0577. The van der Waals surface area contributed by atoms with Crippen LogP contribution in [0.1, 0.15) is 45.2 Å². The summed E-state index contributed by atoms with van der Waals surface area (Å²) in [4.78, 5) is 39.8. The number of anilines is 1. The number of Topliss-reactive ketones (excluding diaryl/α,β-unsaturated/α-hetero) is 1. The third-order valence-corrected chi connectivity index (χ3v) is 5.52. The van der Waals surface area contributed by atoms with Gasteiger partial charge in [0, 0.05) is 47.4 Å². The maximum Gasteiger partial charge on any atom is 0.234 e. The zero-order valence-electron chi connectivity index (χ0n) is 16.8.